The zero-order valence-corrected chi connectivity index (χ0v) is 22.7. The van der Waals surface area contributed by atoms with Crippen LogP contribution in [0.2, 0.25) is 0 Å². The highest BCUT2D eigenvalue weighted by Crippen LogP contribution is 2.28. The Bertz CT molecular complexity index is 1190. The zero-order valence-electron chi connectivity index (χ0n) is 21.9. The van der Waals surface area contributed by atoms with Crippen molar-refractivity contribution in [3.8, 4) is 5.75 Å². The Hall–Kier alpha value is -3.66. The van der Waals surface area contributed by atoms with Gasteiger partial charge in [0.2, 0.25) is 17.7 Å². The monoisotopic (exact) mass is 526 g/mol. The molecule has 0 radical (unpaired) electrons. The molecule has 0 bridgehead atoms. The van der Waals surface area contributed by atoms with Gasteiger partial charge in [0.15, 0.2) is 5.82 Å². The second-order valence-electron chi connectivity index (χ2n) is 9.37. The quantitative estimate of drug-likeness (QED) is 0.349. The molecule has 0 unspecified atom stereocenters. The Balaban J connectivity index is 1.88. The van der Waals surface area contributed by atoms with Gasteiger partial charge in [0.05, 0.1) is 13.7 Å². The van der Waals surface area contributed by atoms with Gasteiger partial charge in [0.1, 0.15) is 17.6 Å². The summed E-state index contributed by atoms with van der Waals surface area (Å²) in [6.07, 6.45) is 0.572. The van der Waals surface area contributed by atoms with Gasteiger partial charge < -0.3 is 24.8 Å². The van der Waals surface area contributed by atoms with E-state index in [9.17, 15) is 14.4 Å². The van der Waals surface area contributed by atoms with Gasteiger partial charge >= 0.3 is 0 Å². The van der Waals surface area contributed by atoms with Gasteiger partial charge in [-0.1, -0.05) is 30.3 Å². The molecule has 0 saturated heterocycles. The van der Waals surface area contributed by atoms with E-state index in [0.717, 1.165) is 4.88 Å². The number of nitrogens with zero attached hydrogens (tertiary/aromatic N) is 2. The van der Waals surface area contributed by atoms with E-state index >= 15 is 0 Å². The minimum Gasteiger partial charge on any atom is -0.497 e. The predicted octanol–water partition coefficient (Wildman–Crippen LogP) is 4.85. The molecule has 3 aromatic rings. The summed E-state index contributed by atoms with van der Waals surface area (Å²) in [4.78, 5) is 42.3. The summed E-state index contributed by atoms with van der Waals surface area (Å²) in [6.45, 7) is 7.83. The van der Waals surface area contributed by atoms with Crippen LogP contribution in [-0.4, -0.2) is 40.4 Å². The molecule has 37 heavy (non-hydrogen) atoms. The van der Waals surface area contributed by atoms with Crippen LogP contribution in [0, 0.1) is 6.92 Å². The molecule has 1 atom stereocenters. The van der Waals surface area contributed by atoms with E-state index in [1.807, 2.05) is 38.3 Å². The summed E-state index contributed by atoms with van der Waals surface area (Å²) in [6, 6.07) is 11.6. The average molecular weight is 527 g/mol. The fraction of sp³-hybridized carbons (Fsp3) is 0.407. The van der Waals surface area contributed by atoms with Crippen LogP contribution in [0.1, 0.15) is 62.3 Å². The van der Waals surface area contributed by atoms with Gasteiger partial charge in [-0.15, -0.1) is 11.3 Å². The van der Waals surface area contributed by atoms with Crippen molar-refractivity contribution in [2.75, 3.05) is 12.4 Å². The number of rotatable bonds is 12. The van der Waals surface area contributed by atoms with Crippen molar-refractivity contribution in [3.05, 3.63) is 64.0 Å². The summed E-state index contributed by atoms with van der Waals surface area (Å²) < 4.78 is 10.2. The number of nitrogens with one attached hydrogen (secondary N) is 2. The van der Waals surface area contributed by atoms with E-state index in [1.165, 1.54) is 11.3 Å². The van der Waals surface area contributed by atoms with Gasteiger partial charge in [-0.25, -0.2) is 0 Å². The highest BCUT2D eigenvalue weighted by molar-refractivity contribution is 7.09. The molecule has 9 nitrogen and oxygen atoms in total. The molecule has 0 fully saturated rings. The summed E-state index contributed by atoms with van der Waals surface area (Å²) in [5.74, 6) is 0.539. The molecule has 0 aliphatic carbocycles. The molecule has 0 aliphatic heterocycles. The first-order valence-electron chi connectivity index (χ1n) is 12.1. The van der Waals surface area contributed by atoms with Crippen LogP contribution in [0.3, 0.4) is 0 Å². The smallest absolute Gasteiger partial charge is 0.247 e. The Morgan fingerprint density at radius 3 is 2.46 bits per heavy atom. The van der Waals surface area contributed by atoms with Crippen molar-refractivity contribution in [2.45, 2.75) is 65.1 Å². The number of carbonyl (C=O) groups excluding carboxylic acids is 3. The third-order valence-corrected chi connectivity index (χ3v) is 6.89. The number of anilines is 1. The van der Waals surface area contributed by atoms with E-state index in [2.05, 4.69) is 15.8 Å². The minimum absolute atomic E-state index is 0.0664. The number of carbonyl (C=O) groups is 3. The van der Waals surface area contributed by atoms with Crippen LogP contribution in [-0.2, 0) is 20.9 Å². The number of hydrogen-bond donors (Lipinski definition) is 2. The van der Waals surface area contributed by atoms with Crippen molar-refractivity contribution in [1.82, 2.24) is 15.4 Å². The lowest BCUT2D eigenvalue weighted by Crippen LogP contribution is -2.50. The van der Waals surface area contributed by atoms with Crippen LogP contribution < -0.4 is 15.4 Å². The standard InChI is InChI=1S/C27H34N4O5S/c1-6-27(3,4)29-26(34)25(19-9-11-20(35-5)12-10-19)31(17-21-8-7-15-37-21)24(33)14-13-23(32)28-22-16-18(2)36-30-22/h7-12,15-16,25H,6,13-14,17H2,1-5H3,(H,29,34)(H,28,30,32)/t25-/m1/s1. The normalized spacial score (nSPS) is 12.0. The molecule has 198 valence electrons. The van der Waals surface area contributed by atoms with Crippen molar-refractivity contribution >= 4 is 34.9 Å². The molecule has 2 aromatic heterocycles. The lowest BCUT2D eigenvalue weighted by Gasteiger charge is -2.34. The highest BCUT2D eigenvalue weighted by atomic mass is 32.1. The number of benzene rings is 1. The second kappa shape index (κ2) is 12.5. The molecule has 3 rings (SSSR count). The van der Waals surface area contributed by atoms with Crippen molar-refractivity contribution < 1.29 is 23.6 Å². The van der Waals surface area contributed by atoms with Gasteiger partial charge in [-0.2, -0.15) is 0 Å². The van der Waals surface area contributed by atoms with Crippen LogP contribution in [0.5, 0.6) is 5.75 Å². The largest absolute Gasteiger partial charge is 0.497 e. The maximum absolute atomic E-state index is 13.7. The van der Waals surface area contributed by atoms with E-state index < -0.39 is 11.6 Å². The predicted molar refractivity (Wildman–Crippen MR) is 142 cm³/mol. The molecular formula is C27H34N4O5S. The molecule has 2 N–H and O–H groups in total. The van der Waals surface area contributed by atoms with Crippen LogP contribution >= 0.6 is 11.3 Å². The Labute approximate surface area is 221 Å². The number of aromatic nitrogens is 1. The van der Waals surface area contributed by atoms with Crippen molar-refractivity contribution in [3.63, 3.8) is 0 Å². The third-order valence-electron chi connectivity index (χ3n) is 6.03. The van der Waals surface area contributed by atoms with Gasteiger partial charge in [-0.3, -0.25) is 14.4 Å². The Kier molecular flexibility index (Phi) is 9.46. The van der Waals surface area contributed by atoms with Gasteiger partial charge in [0.25, 0.3) is 0 Å². The lowest BCUT2D eigenvalue weighted by atomic mass is 9.98. The van der Waals surface area contributed by atoms with E-state index in [0.29, 0.717) is 29.3 Å². The first-order chi connectivity index (χ1) is 17.6. The average Bonchev–Trinajstić information content (AvgIpc) is 3.53. The fourth-order valence-corrected chi connectivity index (χ4v) is 4.34. The van der Waals surface area contributed by atoms with E-state index in [1.54, 1.807) is 49.3 Å². The maximum Gasteiger partial charge on any atom is 0.247 e. The first-order valence-corrected chi connectivity index (χ1v) is 13.0. The number of thiophene rings is 1. The van der Waals surface area contributed by atoms with Crippen molar-refractivity contribution in [2.24, 2.45) is 0 Å². The molecule has 0 spiro atoms. The molecular weight excluding hydrogens is 492 g/mol. The number of hydrogen-bond acceptors (Lipinski definition) is 7. The maximum atomic E-state index is 13.7. The summed E-state index contributed by atoms with van der Waals surface area (Å²) in [5.41, 5.74) is 0.187. The highest BCUT2D eigenvalue weighted by Gasteiger charge is 2.34. The fourth-order valence-electron chi connectivity index (χ4n) is 3.64. The summed E-state index contributed by atoms with van der Waals surface area (Å²) in [7, 11) is 1.57. The van der Waals surface area contributed by atoms with Crippen molar-refractivity contribution in [1.29, 1.82) is 0 Å². The second-order valence-corrected chi connectivity index (χ2v) is 10.4. The molecule has 1 aromatic carbocycles. The van der Waals surface area contributed by atoms with Crippen LogP contribution in [0.15, 0.2) is 52.4 Å². The summed E-state index contributed by atoms with van der Waals surface area (Å²) in [5, 5.41) is 11.4. The van der Waals surface area contributed by atoms with E-state index in [4.69, 9.17) is 9.26 Å². The van der Waals surface area contributed by atoms with Gasteiger partial charge in [-0.05, 0) is 56.3 Å². The van der Waals surface area contributed by atoms with Crippen LogP contribution in [0.25, 0.3) is 0 Å². The molecule has 10 heteroatoms. The number of aryl methyl sites for hydroxylation is 1. The number of amides is 3. The summed E-state index contributed by atoms with van der Waals surface area (Å²) >= 11 is 1.50. The molecule has 2 heterocycles. The zero-order chi connectivity index (χ0) is 27.0. The van der Waals surface area contributed by atoms with Gasteiger partial charge in [0, 0.05) is 29.3 Å². The first kappa shape index (κ1) is 27.9. The molecule has 0 saturated carbocycles. The number of methoxy groups -OCH3 is 1. The van der Waals surface area contributed by atoms with E-state index in [-0.39, 0.29) is 37.1 Å². The lowest BCUT2D eigenvalue weighted by molar-refractivity contribution is -0.142. The molecule has 0 aliphatic rings. The minimum atomic E-state index is -0.896. The topological polar surface area (TPSA) is 114 Å². The Morgan fingerprint density at radius 2 is 1.89 bits per heavy atom. The SMILES string of the molecule is CCC(C)(C)NC(=O)[C@@H](c1ccc(OC)cc1)N(Cc1cccs1)C(=O)CCC(=O)Nc1cc(C)on1. The Morgan fingerprint density at radius 1 is 1.16 bits per heavy atom. The number of ether oxygens (including phenoxy) is 1. The third kappa shape index (κ3) is 7.91. The van der Waals surface area contributed by atoms with Crippen LogP contribution in [0.4, 0.5) is 5.82 Å². The molecule has 3 amide bonds.